The van der Waals surface area contributed by atoms with Crippen molar-refractivity contribution in [2.45, 2.75) is 65.0 Å². The van der Waals surface area contributed by atoms with E-state index in [0.29, 0.717) is 44.7 Å². The van der Waals surface area contributed by atoms with Gasteiger partial charge in [-0.2, -0.15) is 0 Å². The standard InChI is InChI=1S/C37H40N8O4/c1-37(2,3)49-36(48)39-14-6-15-45-22-25(42-43-45)21-44-16-13-24-10-9-23(17-32(24)44)19-38-20-31-33(28-7-4-5-8-30(28)40-31)34-29-18-26(46)11-12-27(29)35(47)41-34/h4-5,7-13,16-18,22,34,38,40,46H,6,14-15,19-21H2,1-3H3,(H,39,48)(H,41,47). The Labute approximate surface area is 283 Å². The molecule has 0 spiro atoms. The van der Waals surface area contributed by atoms with Gasteiger partial charge in [-0.3, -0.25) is 9.48 Å². The summed E-state index contributed by atoms with van der Waals surface area (Å²) in [6.07, 6.45) is 4.29. The van der Waals surface area contributed by atoms with Gasteiger partial charge in [-0.15, -0.1) is 5.10 Å². The molecule has 3 aromatic heterocycles. The fraction of sp³-hybridized carbons (Fsp3) is 0.297. The second-order valence-electron chi connectivity index (χ2n) is 13.4. The first-order chi connectivity index (χ1) is 23.6. The molecule has 5 N–H and O–H groups in total. The monoisotopic (exact) mass is 660 g/mol. The highest BCUT2D eigenvalue weighted by Gasteiger charge is 2.33. The number of hydrogen-bond donors (Lipinski definition) is 5. The molecule has 0 aliphatic carbocycles. The van der Waals surface area contributed by atoms with Crippen LogP contribution in [0.25, 0.3) is 21.8 Å². The number of ether oxygens (including phenoxy) is 1. The number of nitrogens with zero attached hydrogens (tertiary/aromatic N) is 4. The van der Waals surface area contributed by atoms with Crippen molar-refractivity contribution in [3.63, 3.8) is 0 Å². The minimum atomic E-state index is -0.524. The molecule has 252 valence electrons. The number of benzene rings is 3. The second-order valence-corrected chi connectivity index (χ2v) is 13.4. The summed E-state index contributed by atoms with van der Waals surface area (Å²) >= 11 is 0. The van der Waals surface area contributed by atoms with Crippen molar-refractivity contribution in [2.75, 3.05) is 6.54 Å². The molecule has 7 rings (SSSR count). The Morgan fingerprint density at radius 3 is 2.78 bits per heavy atom. The minimum absolute atomic E-state index is 0.134. The van der Waals surface area contributed by atoms with Gasteiger partial charge in [0.15, 0.2) is 0 Å². The van der Waals surface area contributed by atoms with Gasteiger partial charge in [-0.05, 0) is 80.1 Å². The number of hydrogen-bond acceptors (Lipinski definition) is 7. The molecule has 4 heterocycles. The molecule has 0 saturated heterocycles. The number of para-hydroxylation sites is 1. The summed E-state index contributed by atoms with van der Waals surface area (Å²) in [5.41, 5.74) is 6.89. The molecule has 2 amide bonds. The zero-order valence-corrected chi connectivity index (χ0v) is 27.8. The van der Waals surface area contributed by atoms with Crippen LogP contribution in [0.3, 0.4) is 0 Å². The third kappa shape index (κ3) is 7.00. The molecule has 12 heteroatoms. The highest BCUT2D eigenvalue weighted by Crippen LogP contribution is 2.38. The number of aryl methyl sites for hydroxylation is 1. The van der Waals surface area contributed by atoms with Crippen LogP contribution in [-0.2, 0) is 30.9 Å². The molecule has 49 heavy (non-hydrogen) atoms. The van der Waals surface area contributed by atoms with Crippen molar-refractivity contribution in [3.8, 4) is 5.75 Å². The first-order valence-corrected chi connectivity index (χ1v) is 16.5. The van der Waals surface area contributed by atoms with Crippen LogP contribution in [0.5, 0.6) is 5.75 Å². The van der Waals surface area contributed by atoms with E-state index in [0.717, 1.165) is 49.9 Å². The van der Waals surface area contributed by atoms with Gasteiger partial charge in [-0.1, -0.05) is 35.5 Å². The van der Waals surface area contributed by atoms with Gasteiger partial charge in [0.25, 0.3) is 5.91 Å². The summed E-state index contributed by atoms with van der Waals surface area (Å²) in [5.74, 6) is -0.00940. The molecule has 1 aliphatic rings. The number of rotatable bonds is 11. The Hall–Kier alpha value is -5.62. The van der Waals surface area contributed by atoms with Gasteiger partial charge in [-0.25, -0.2) is 4.79 Å². The number of aromatic amines is 1. The summed E-state index contributed by atoms with van der Waals surface area (Å²) in [5, 5.41) is 30.5. The SMILES string of the molecule is CC(C)(C)OC(=O)NCCCn1cc(Cn2ccc3ccc(CNCc4[nH]c5ccccc5c4C4NC(=O)c5ccc(O)cc54)cc32)nn1. The van der Waals surface area contributed by atoms with Crippen LogP contribution in [0.4, 0.5) is 4.79 Å². The van der Waals surface area contributed by atoms with Crippen LogP contribution in [0.1, 0.15) is 71.7 Å². The average Bonchev–Trinajstić information content (AvgIpc) is 3.83. The van der Waals surface area contributed by atoms with Crippen molar-refractivity contribution in [3.05, 3.63) is 113 Å². The highest BCUT2D eigenvalue weighted by atomic mass is 16.6. The second kappa shape index (κ2) is 13.1. The quantitative estimate of drug-likeness (QED) is 0.115. The zero-order chi connectivity index (χ0) is 34.1. The largest absolute Gasteiger partial charge is 0.508 e. The molecule has 12 nitrogen and oxygen atoms in total. The van der Waals surface area contributed by atoms with Crippen LogP contribution in [-0.4, -0.2) is 53.8 Å². The van der Waals surface area contributed by atoms with Gasteiger partial charge in [0, 0.05) is 65.6 Å². The lowest BCUT2D eigenvalue weighted by molar-refractivity contribution is 0.0526. The number of carbonyl (C=O) groups is 2. The topological polar surface area (TPSA) is 151 Å². The number of alkyl carbamates (subject to hydrolysis) is 1. The van der Waals surface area contributed by atoms with Crippen molar-refractivity contribution in [1.82, 2.24) is 40.5 Å². The van der Waals surface area contributed by atoms with Gasteiger partial charge in [0.2, 0.25) is 0 Å². The van der Waals surface area contributed by atoms with Crippen molar-refractivity contribution < 1.29 is 19.4 Å². The number of H-pyrrole nitrogens is 1. The Morgan fingerprint density at radius 1 is 1.06 bits per heavy atom. The van der Waals surface area contributed by atoms with Crippen LogP contribution >= 0.6 is 0 Å². The summed E-state index contributed by atoms with van der Waals surface area (Å²) in [7, 11) is 0. The third-order valence-corrected chi connectivity index (χ3v) is 8.60. The number of aromatic nitrogens is 5. The highest BCUT2D eigenvalue weighted by molar-refractivity contribution is 6.01. The maximum atomic E-state index is 12.8. The Bertz CT molecular complexity index is 2150. The van der Waals surface area contributed by atoms with E-state index in [2.05, 4.69) is 72.3 Å². The van der Waals surface area contributed by atoms with Crippen molar-refractivity contribution in [2.24, 2.45) is 0 Å². The fourth-order valence-electron chi connectivity index (χ4n) is 6.45. The molecule has 0 radical (unpaired) electrons. The lowest BCUT2D eigenvalue weighted by Crippen LogP contribution is -2.33. The smallest absolute Gasteiger partial charge is 0.407 e. The number of carbonyl (C=O) groups excluding carboxylic acids is 2. The predicted molar refractivity (Wildman–Crippen MR) is 186 cm³/mol. The predicted octanol–water partition coefficient (Wildman–Crippen LogP) is 5.51. The minimum Gasteiger partial charge on any atom is -0.508 e. The fourth-order valence-corrected chi connectivity index (χ4v) is 6.45. The van der Waals surface area contributed by atoms with Gasteiger partial charge < -0.3 is 35.3 Å². The molecular formula is C37H40N8O4. The van der Waals surface area contributed by atoms with Crippen molar-refractivity contribution in [1.29, 1.82) is 0 Å². The molecule has 1 unspecified atom stereocenters. The van der Waals surface area contributed by atoms with Crippen LogP contribution in [0, 0.1) is 0 Å². The number of aromatic hydroxyl groups is 1. The first-order valence-electron chi connectivity index (χ1n) is 16.5. The molecule has 0 saturated carbocycles. The zero-order valence-electron chi connectivity index (χ0n) is 27.8. The van der Waals surface area contributed by atoms with Gasteiger partial charge in [0.1, 0.15) is 17.0 Å². The maximum absolute atomic E-state index is 12.8. The van der Waals surface area contributed by atoms with E-state index in [9.17, 15) is 14.7 Å². The number of fused-ring (bicyclic) bond motifs is 3. The van der Waals surface area contributed by atoms with E-state index < -0.39 is 11.7 Å². The molecule has 1 aliphatic heterocycles. The first kappa shape index (κ1) is 32.0. The van der Waals surface area contributed by atoms with Gasteiger partial charge in [0.05, 0.1) is 18.8 Å². The summed E-state index contributed by atoms with van der Waals surface area (Å²) < 4.78 is 9.24. The van der Waals surface area contributed by atoms with E-state index in [1.54, 1.807) is 22.9 Å². The van der Waals surface area contributed by atoms with E-state index >= 15 is 0 Å². The van der Waals surface area contributed by atoms with Crippen LogP contribution < -0.4 is 16.0 Å². The molecule has 6 aromatic rings. The van der Waals surface area contributed by atoms with Crippen LogP contribution in [0.2, 0.25) is 0 Å². The molecular weight excluding hydrogens is 620 g/mol. The molecule has 3 aromatic carbocycles. The Morgan fingerprint density at radius 2 is 1.92 bits per heavy atom. The molecule has 0 fully saturated rings. The summed E-state index contributed by atoms with van der Waals surface area (Å²) in [4.78, 5) is 28.2. The van der Waals surface area contributed by atoms with E-state index in [1.807, 2.05) is 45.2 Å². The molecule has 0 bridgehead atoms. The van der Waals surface area contributed by atoms with Crippen LogP contribution in [0.15, 0.2) is 79.1 Å². The van der Waals surface area contributed by atoms with Gasteiger partial charge >= 0.3 is 6.09 Å². The number of phenols is 1. The lowest BCUT2D eigenvalue weighted by atomic mass is 9.95. The number of phenolic OH excluding ortho intramolecular Hbond substituents is 1. The lowest BCUT2D eigenvalue weighted by Gasteiger charge is -2.19. The average molecular weight is 661 g/mol. The van der Waals surface area contributed by atoms with E-state index in [1.165, 1.54) is 0 Å². The van der Waals surface area contributed by atoms with E-state index in [4.69, 9.17) is 4.74 Å². The summed E-state index contributed by atoms with van der Waals surface area (Å²) in [6, 6.07) is 21.2. The normalized spacial score (nSPS) is 14.3. The Balaban J connectivity index is 1.00. The maximum Gasteiger partial charge on any atom is 0.407 e. The molecule has 1 atom stereocenters. The number of nitrogens with one attached hydrogen (secondary N) is 4. The third-order valence-electron chi connectivity index (χ3n) is 8.60. The summed E-state index contributed by atoms with van der Waals surface area (Å²) in [6.45, 7) is 8.41. The van der Waals surface area contributed by atoms with Crippen molar-refractivity contribution >= 4 is 33.8 Å². The number of amides is 2. The Kier molecular flexibility index (Phi) is 8.55. The van der Waals surface area contributed by atoms with E-state index in [-0.39, 0.29) is 17.7 Å².